The molecule has 1 fully saturated rings. The van der Waals surface area contributed by atoms with Crippen LogP contribution in [-0.4, -0.2) is 49.3 Å². The fraction of sp³-hybridized carbons (Fsp3) is 0.556. The second-order valence-electron chi connectivity index (χ2n) is 7.15. The summed E-state index contributed by atoms with van der Waals surface area (Å²) in [6.07, 6.45) is 4.76. The lowest BCUT2D eigenvalue weighted by molar-refractivity contribution is 0.0537. The molecule has 0 aliphatic carbocycles. The molecule has 9 nitrogen and oxygen atoms in total. The van der Waals surface area contributed by atoms with Crippen molar-refractivity contribution in [2.45, 2.75) is 45.7 Å². The molecular weight excluding hydrogens is 346 g/mol. The molecule has 0 aromatic carbocycles. The summed E-state index contributed by atoms with van der Waals surface area (Å²) in [7, 11) is 0. The number of anilines is 2. The van der Waals surface area contributed by atoms with E-state index in [-0.39, 0.29) is 6.04 Å². The average Bonchev–Trinajstić information content (AvgIpc) is 3.16. The van der Waals surface area contributed by atoms with Crippen molar-refractivity contribution in [2.24, 2.45) is 0 Å². The molecule has 0 amide bonds. The largest absolute Gasteiger partial charge is 0.475 e. The van der Waals surface area contributed by atoms with Gasteiger partial charge >= 0.3 is 0 Å². The summed E-state index contributed by atoms with van der Waals surface area (Å²) in [5, 5.41) is 13.6. The molecule has 27 heavy (non-hydrogen) atoms. The van der Waals surface area contributed by atoms with E-state index in [1.165, 1.54) is 0 Å². The summed E-state index contributed by atoms with van der Waals surface area (Å²) in [5.74, 6) is 1.12. The van der Waals surface area contributed by atoms with Crippen molar-refractivity contribution in [3.05, 3.63) is 17.6 Å². The zero-order valence-electron chi connectivity index (χ0n) is 15.6. The third-order valence-corrected chi connectivity index (χ3v) is 5.26. The zero-order valence-corrected chi connectivity index (χ0v) is 15.6. The minimum atomic E-state index is 0.233. The molecule has 3 aromatic heterocycles. The van der Waals surface area contributed by atoms with Gasteiger partial charge in [0.2, 0.25) is 5.95 Å². The summed E-state index contributed by atoms with van der Waals surface area (Å²) in [6.45, 7) is 6.84. The molecule has 5 rings (SSSR count). The number of rotatable bonds is 1. The number of hydrogen-bond acceptors (Lipinski definition) is 7. The van der Waals surface area contributed by atoms with Crippen LogP contribution >= 0.6 is 0 Å². The maximum Gasteiger partial charge on any atom is 0.257 e. The number of nitrogens with zero attached hydrogens (tertiary/aromatic N) is 6. The quantitative estimate of drug-likeness (QED) is 0.704. The SMILES string of the molecule is Cc1nn2c3nc(ncc13)Nc1c(nn([C@@H]3CCCOC3)c1C)OCCC2. The van der Waals surface area contributed by atoms with E-state index >= 15 is 0 Å². The molecule has 0 saturated carbocycles. The van der Waals surface area contributed by atoms with Gasteiger partial charge in [0, 0.05) is 25.8 Å². The van der Waals surface area contributed by atoms with E-state index in [1.54, 1.807) is 0 Å². The smallest absolute Gasteiger partial charge is 0.257 e. The van der Waals surface area contributed by atoms with Crippen LogP contribution < -0.4 is 10.1 Å². The highest BCUT2D eigenvalue weighted by Crippen LogP contribution is 2.34. The van der Waals surface area contributed by atoms with Gasteiger partial charge in [-0.3, -0.25) is 4.68 Å². The molecule has 0 radical (unpaired) electrons. The Kier molecular flexibility index (Phi) is 3.96. The molecule has 0 spiro atoms. The Hall–Kier alpha value is -2.68. The van der Waals surface area contributed by atoms with E-state index in [9.17, 15) is 0 Å². The normalized spacial score (nSPS) is 20.0. The summed E-state index contributed by atoms with van der Waals surface area (Å²) < 4.78 is 15.6. The van der Waals surface area contributed by atoms with Gasteiger partial charge in [0.05, 0.1) is 36.0 Å². The third-order valence-electron chi connectivity index (χ3n) is 5.26. The van der Waals surface area contributed by atoms with Gasteiger partial charge in [-0.25, -0.2) is 9.67 Å². The van der Waals surface area contributed by atoms with E-state index < -0.39 is 0 Å². The van der Waals surface area contributed by atoms with Crippen LogP contribution in [0, 0.1) is 13.8 Å². The number of aromatic nitrogens is 6. The maximum absolute atomic E-state index is 6.02. The van der Waals surface area contributed by atoms with Crippen LogP contribution in [0.5, 0.6) is 5.88 Å². The van der Waals surface area contributed by atoms with Crippen LogP contribution in [0.4, 0.5) is 11.6 Å². The molecule has 2 aliphatic rings. The van der Waals surface area contributed by atoms with E-state index in [1.807, 2.05) is 29.4 Å². The molecule has 1 saturated heterocycles. The lowest BCUT2D eigenvalue weighted by atomic mass is 10.1. The monoisotopic (exact) mass is 369 g/mol. The van der Waals surface area contributed by atoms with Crippen molar-refractivity contribution >= 4 is 22.7 Å². The van der Waals surface area contributed by atoms with Crippen molar-refractivity contribution in [1.29, 1.82) is 0 Å². The standard InChI is InChI=1S/C18H23N7O2/c1-11-14-9-19-18-20-15-12(2)25(13-5-3-7-26-10-13)23-17(15)27-8-4-6-24(22-11)16(14)21-18/h9,13H,3-8,10H2,1-2H3,(H,19,20,21)/t13-/m1/s1. The van der Waals surface area contributed by atoms with Gasteiger partial charge in [-0.15, -0.1) is 5.10 Å². The predicted molar refractivity (Wildman–Crippen MR) is 99.5 cm³/mol. The van der Waals surface area contributed by atoms with Crippen molar-refractivity contribution < 1.29 is 9.47 Å². The van der Waals surface area contributed by atoms with Gasteiger partial charge in [0.15, 0.2) is 5.65 Å². The summed E-state index contributed by atoms with van der Waals surface area (Å²) in [4.78, 5) is 9.18. The second kappa shape index (κ2) is 6.49. The Morgan fingerprint density at radius 3 is 2.96 bits per heavy atom. The first-order chi connectivity index (χ1) is 13.2. The molecule has 0 unspecified atom stereocenters. The van der Waals surface area contributed by atoms with E-state index in [4.69, 9.17) is 19.6 Å². The first kappa shape index (κ1) is 16.5. The van der Waals surface area contributed by atoms with Gasteiger partial charge < -0.3 is 14.8 Å². The first-order valence-electron chi connectivity index (χ1n) is 9.47. The Morgan fingerprint density at radius 2 is 2.11 bits per heavy atom. The lowest BCUT2D eigenvalue weighted by Crippen LogP contribution is -2.23. The average molecular weight is 369 g/mol. The van der Waals surface area contributed by atoms with Crippen molar-refractivity contribution in [2.75, 3.05) is 25.1 Å². The van der Waals surface area contributed by atoms with Crippen LogP contribution in [0.3, 0.4) is 0 Å². The van der Waals surface area contributed by atoms with Gasteiger partial charge in [-0.05, 0) is 26.7 Å². The van der Waals surface area contributed by atoms with Crippen LogP contribution in [0.25, 0.3) is 11.0 Å². The summed E-state index contributed by atoms with van der Waals surface area (Å²) >= 11 is 0. The van der Waals surface area contributed by atoms with Crippen LogP contribution in [-0.2, 0) is 11.3 Å². The van der Waals surface area contributed by atoms with E-state index in [0.717, 1.165) is 60.5 Å². The lowest BCUT2D eigenvalue weighted by Gasteiger charge is -2.23. The Bertz CT molecular complexity index is 987. The molecule has 1 N–H and O–H groups in total. The zero-order chi connectivity index (χ0) is 18.4. The van der Waals surface area contributed by atoms with E-state index in [0.29, 0.717) is 25.0 Å². The van der Waals surface area contributed by atoms with Gasteiger partial charge in [0.25, 0.3) is 5.88 Å². The fourth-order valence-corrected chi connectivity index (χ4v) is 3.83. The molecule has 142 valence electrons. The first-order valence-corrected chi connectivity index (χ1v) is 9.47. The van der Waals surface area contributed by atoms with Crippen LogP contribution in [0.15, 0.2) is 6.20 Å². The Balaban J connectivity index is 1.57. The number of ether oxygens (including phenoxy) is 2. The molecule has 1 atom stereocenters. The van der Waals surface area contributed by atoms with Crippen LogP contribution in [0.2, 0.25) is 0 Å². The van der Waals surface area contributed by atoms with Gasteiger partial charge in [0.1, 0.15) is 5.69 Å². The number of fused-ring (bicyclic) bond motifs is 2. The van der Waals surface area contributed by atoms with Crippen molar-refractivity contribution in [3.8, 4) is 5.88 Å². The summed E-state index contributed by atoms with van der Waals surface area (Å²) in [6, 6.07) is 0.233. The molecule has 2 aliphatic heterocycles. The maximum atomic E-state index is 6.02. The molecular formula is C18H23N7O2. The second-order valence-corrected chi connectivity index (χ2v) is 7.15. The number of aryl methyl sites for hydroxylation is 2. The highest BCUT2D eigenvalue weighted by Gasteiger charge is 2.25. The number of nitrogens with one attached hydrogen (secondary N) is 1. The van der Waals surface area contributed by atoms with Gasteiger partial charge in [-0.2, -0.15) is 10.1 Å². The Morgan fingerprint density at radius 1 is 1.19 bits per heavy atom. The Labute approximate surface area is 156 Å². The van der Waals surface area contributed by atoms with Crippen molar-refractivity contribution in [3.63, 3.8) is 0 Å². The fourth-order valence-electron chi connectivity index (χ4n) is 3.83. The topological polar surface area (TPSA) is 91.9 Å². The number of hydrogen-bond donors (Lipinski definition) is 1. The highest BCUT2D eigenvalue weighted by atomic mass is 16.5. The van der Waals surface area contributed by atoms with Gasteiger partial charge in [-0.1, -0.05) is 0 Å². The highest BCUT2D eigenvalue weighted by molar-refractivity contribution is 5.79. The predicted octanol–water partition coefficient (Wildman–Crippen LogP) is 2.52. The van der Waals surface area contributed by atoms with Crippen LogP contribution in [0.1, 0.15) is 36.7 Å². The minimum absolute atomic E-state index is 0.233. The third kappa shape index (κ3) is 2.82. The molecule has 9 heteroatoms. The molecule has 2 bridgehead atoms. The minimum Gasteiger partial charge on any atom is -0.475 e. The molecule has 3 aromatic rings. The molecule has 5 heterocycles. The van der Waals surface area contributed by atoms with Crippen molar-refractivity contribution in [1.82, 2.24) is 29.5 Å². The van der Waals surface area contributed by atoms with E-state index in [2.05, 4.69) is 15.4 Å². The summed E-state index contributed by atoms with van der Waals surface area (Å²) in [5.41, 5.74) is 3.62.